The predicted molar refractivity (Wildman–Crippen MR) is 133 cm³/mol. The molecular formula is C28H38N2O2. The van der Waals surface area contributed by atoms with E-state index in [0.717, 1.165) is 17.7 Å². The number of nitriles is 1. The van der Waals surface area contributed by atoms with Crippen LogP contribution in [-0.4, -0.2) is 19.1 Å². The molecule has 1 aromatic rings. The van der Waals surface area contributed by atoms with E-state index in [9.17, 15) is 10.1 Å². The van der Waals surface area contributed by atoms with Gasteiger partial charge < -0.3 is 9.64 Å². The van der Waals surface area contributed by atoms with E-state index < -0.39 is 5.97 Å². The van der Waals surface area contributed by atoms with Crippen LogP contribution in [0.4, 0.5) is 5.69 Å². The Balaban J connectivity index is 1.88. The summed E-state index contributed by atoms with van der Waals surface area (Å²) in [6.07, 6.45) is 20.9. The molecule has 1 aliphatic rings. The summed E-state index contributed by atoms with van der Waals surface area (Å²) < 4.78 is 4.94. The predicted octanol–water partition coefficient (Wildman–Crippen LogP) is 7.34. The molecule has 0 aromatic heterocycles. The molecule has 0 fully saturated rings. The number of anilines is 1. The lowest BCUT2D eigenvalue weighted by atomic mass is 9.98. The SMILES string of the molecule is CCCCCCCCCCCCN1C=CC(=CC=C(C#N)C(=O)OCC)c2ccccc21. The maximum atomic E-state index is 11.8. The zero-order valence-corrected chi connectivity index (χ0v) is 19.8. The van der Waals surface area contributed by atoms with Crippen LogP contribution in [0, 0.1) is 11.3 Å². The van der Waals surface area contributed by atoms with E-state index in [1.165, 1.54) is 69.9 Å². The van der Waals surface area contributed by atoms with Crippen LogP contribution in [-0.2, 0) is 9.53 Å². The van der Waals surface area contributed by atoms with Crippen molar-refractivity contribution >= 4 is 17.2 Å². The van der Waals surface area contributed by atoms with E-state index in [1.54, 1.807) is 13.0 Å². The van der Waals surface area contributed by atoms with Gasteiger partial charge in [-0.1, -0.05) is 89.0 Å². The monoisotopic (exact) mass is 434 g/mol. The number of unbranched alkanes of at least 4 members (excludes halogenated alkanes) is 9. The van der Waals surface area contributed by atoms with Gasteiger partial charge in [-0.3, -0.25) is 0 Å². The largest absolute Gasteiger partial charge is 0.462 e. The molecule has 4 heteroatoms. The normalized spacial score (nSPS) is 14.3. The summed E-state index contributed by atoms with van der Waals surface area (Å²) in [5, 5.41) is 9.24. The molecule has 2 rings (SSSR count). The highest BCUT2D eigenvalue weighted by Crippen LogP contribution is 2.33. The molecule has 0 atom stereocenters. The van der Waals surface area contributed by atoms with Crippen LogP contribution in [0.25, 0.3) is 5.57 Å². The van der Waals surface area contributed by atoms with Crippen LogP contribution < -0.4 is 4.90 Å². The third-order valence-electron chi connectivity index (χ3n) is 5.76. The molecule has 4 nitrogen and oxygen atoms in total. The quantitative estimate of drug-likeness (QED) is 0.133. The van der Waals surface area contributed by atoms with E-state index in [-0.39, 0.29) is 12.2 Å². The van der Waals surface area contributed by atoms with E-state index in [2.05, 4.69) is 42.3 Å². The second-order valence-electron chi connectivity index (χ2n) is 8.24. The van der Waals surface area contributed by atoms with Gasteiger partial charge in [-0.05, 0) is 37.1 Å². The van der Waals surface area contributed by atoms with Crippen molar-refractivity contribution < 1.29 is 9.53 Å². The summed E-state index contributed by atoms with van der Waals surface area (Å²) in [7, 11) is 0. The van der Waals surface area contributed by atoms with E-state index in [1.807, 2.05) is 18.2 Å². The first kappa shape index (κ1) is 25.5. The number of carbonyl (C=O) groups excluding carboxylic acids is 1. The Morgan fingerprint density at radius 2 is 1.66 bits per heavy atom. The van der Waals surface area contributed by atoms with Crippen molar-refractivity contribution in [3.05, 3.63) is 59.8 Å². The van der Waals surface area contributed by atoms with Gasteiger partial charge in [0.15, 0.2) is 0 Å². The summed E-state index contributed by atoms with van der Waals surface area (Å²) >= 11 is 0. The standard InChI is InChI=1S/C28H38N2O2/c1-3-5-6-7-8-9-10-11-12-15-21-30-22-20-24(26-16-13-14-17-27(26)30)18-19-25(23-29)28(31)32-4-2/h13-14,16-20,22H,3-12,15,21H2,1-2H3. The molecule has 0 aliphatic carbocycles. The van der Waals surface area contributed by atoms with Gasteiger partial charge in [0, 0.05) is 24.0 Å². The van der Waals surface area contributed by atoms with E-state index in [4.69, 9.17) is 4.74 Å². The third-order valence-corrected chi connectivity index (χ3v) is 5.76. The number of hydrogen-bond acceptors (Lipinski definition) is 4. The summed E-state index contributed by atoms with van der Waals surface area (Å²) in [5.74, 6) is -0.581. The summed E-state index contributed by atoms with van der Waals surface area (Å²) in [5.41, 5.74) is 3.27. The van der Waals surface area contributed by atoms with Crippen LogP contribution in [0.2, 0.25) is 0 Å². The molecule has 0 radical (unpaired) electrons. The zero-order chi connectivity index (χ0) is 23.0. The number of para-hydroxylation sites is 1. The fourth-order valence-electron chi connectivity index (χ4n) is 3.95. The molecule has 0 N–H and O–H groups in total. The number of fused-ring (bicyclic) bond motifs is 1. The maximum absolute atomic E-state index is 11.8. The minimum Gasteiger partial charge on any atom is -0.462 e. The molecule has 172 valence electrons. The molecule has 1 heterocycles. The van der Waals surface area contributed by atoms with Crippen molar-refractivity contribution in [2.24, 2.45) is 0 Å². The number of rotatable bonds is 14. The fourth-order valence-corrected chi connectivity index (χ4v) is 3.95. The smallest absolute Gasteiger partial charge is 0.348 e. The van der Waals surface area contributed by atoms with Gasteiger partial charge in [-0.25, -0.2) is 4.79 Å². The van der Waals surface area contributed by atoms with Crippen LogP contribution >= 0.6 is 0 Å². The first-order chi connectivity index (χ1) is 15.7. The minimum atomic E-state index is -0.581. The Morgan fingerprint density at radius 3 is 2.31 bits per heavy atom. The highest BCUT2D eigenvalue weighted by molar-refractivity contribution is 5.94. The average molecular weight is 435 g/mol. The molecule has 1 aromatic carbocycles. The van der Waals surface area contributed by atoms with Gasteiger partial charge in [-0.2, -0.15) is 5.26 Å². The molecule has 0 saturated carbocycles. The molecule has 0 amide bonds. The van der Waals surface area contributed by atoms with Gasteiger partial charge in [-0.15, -0.1) is 0 Å². The summed E-state index contributed by atoms with van der Waals surface area (Å²) in [6.45, 7) is 5.25. The van der Waals surface area contributed by atoms with Crippen molar-refractivity contribution in [1.82, 2.24) is 0 Å². The third kappa shape index (κ3) is 8.38. The maximum Gasteiger partial charge on any atom is 0.348 e. The van der Waals surface area contributed by atoms with Crippen molar-refractivity contribution in [3.8, 4) is 6.07 Å². The van der Waals surface area contributed by atoms with Gasteiger partial charge >= 0.3 is 5.97 Å². The Kier molecular flexibility index (Phi) is 12.0. The molecule has 0 spiro atoms. The van der Waals surface area contributed by atoms with Gasteiger partial charge in [0.25, 0.3) is 0 Å². The minimum absolute atomic E-state index is 0.0121. The highest BCUT2D eigenvalue weighted by Gasteiger charge is 2.15. The van der Waals surface area contributed by atoms with Crippen molar-refractivity contribution in [3.63, 3.8) is 0 Å². The van der Waals surface area contributed by atoms with Gasteiger partial charge in [0.2, 0.25) is 0 Å². The number of benzene rings is 1. The Labute approximate surface area is 194 Å². The van der Waals surface area contributed by atoms with Crippen molar-refractivity contribution in [1.29, 1.82) is 5.26 Å². The van der Waals surface area contributed by atoms with E-state index >= 15 is 0 Å². The lowest BCUT2D eigenvalue weighted by Crippen LogP contribution is -2.21. The number of nitrogens with zero attached hydrogens (tertiary/aromatic N) is 2. The molecule has 1 aliphatic heterocycles. The lowest BCUT2D eigenvalue weighted by Gasteiger charge is -2.27. The van der Waals surface area contributed by atoms with Gasteiger partial charge in [0.1, 0.15) is 11.6 Å². The van der Waals surface area contributed by atoms with Crippen molar-refractivity contribution in [2.75, 3.05) is 18.1 Å². The lowest BCUT2D eigenvalue weighted by molar-refractivity contribution is -0.138. The van der Waals surface area contributed by atoms with Crippen LogP contribution in [0.1, 0.15) is 83.6 Å². The summed E-state index contributed by atoms with van der Waals surface area (Å²) in [4.78, 5) is 14.2. The number of hydrogen-bond donors (Lipinski definition) is 0. The summed E-state index contributed by atoms with van der Waals surface area (Å²) in [6, 6.07) is 10.2. The molecule has 0 unspecified atom stereocenters. The topological polar surface area (TPSA) is 53.3 Å². The Hall–Kier alpha value is -2.80. The number of esters is 1. The van der Waals surface area contributed by atoms with Crippen LogP contribution in [0.15, 0.2) is 54.3 Å². The molecular weight excluding hydrogens is 396 g/mol. The Morgan fingerprint density at radius 1 is 1.00 bits per heavy atom. The molecule has 0 saturated heterocycles. The van der Waals surface area contributed by atoms with Crippen molar-refractivity contribution in [2.45, 2.75) is 78.1 Å². The van der Waals surface area contributed by atoms with Crippen LogP contribution in [0.5, 0.6) is 0 Å². The molecule has 0 bridgehead atoms. The molecule has 32 heavy (non-hydrogen) atoms. The second kappa shape index (κ2) is 15.1. The highest BCUT2D eigenvalue weighted by atomic mass is 16.5. The van der Waals surface area contributed by atoms with E-state index in [0.29, 0.717) is 0 Å². The number of ether oxygens (including phenoxy) is 1. The first-order valence-electron chi connectivity index (χ1n) is 12.2. The Bertz CT molecular complexity index is 845. The zero-order valence-electron chi connectivity index (χ0n) is 19.8. The number of carbonyl (C=O) groups is 1. The average Bonchev–Trinajstić information content (AvgIpc) is 2.81. The van der Waals surface area contributed by atoms with Crippen LogP contribution in [0.3, 0.4) is 0 Å². The first-order valence-corrected chi connectivity index (χ1v) is 12.2. The van der Waals surface area contributed by atoms with Gasteiger partial charge in [0.05, 0.1) is 6.61 Å². The second-order valence-corrected chi connectivity index (χ2v) is 8.24. The number of allylic oxidation sites excluding steroid dienone is 4. The fraction of sp³-hybridized carbons (Fsp3) is 0.500.